The molecule has 3 heterocycles. The predicted molar refractivity (Wildman–Crippen MR) is 163 cm³/mol. The maximum Gasteiger partial charge on any atom is 0.416 e. The van der Waals surface area contributed by atoms with Gasteiger partial charge in [0, 0.05) is 50.9 Å². The highest BCUT2D eigenvalue weighted by Gasteiger charge is 2.60. The van der Waals surface area contributed by atoms with Crippen LogP contribution in [-0.2, 0) is 20.5 Å². The molecular weight excluding hydrogens is 621 g/mol. The van der Waals surface area contributed by atoms with Crippen LogP contribution in [0, 0.1) is 23.7 Å². The largest absolute Gasteiger partial charge is 0.481 e. The summed E-state index contributed by atoms with van der Waals surface area (Å²) < 4.78 is 45.8. The maximum absolute atomic E-state index is 13.7. The molecule has 1 saturated carbocycles. The number of nitrogens with one attached hydrogen (secondary N) is 1. The molecule has 2 N–H and O–H groups in total. The van der Waals surface area contributed by atoms with Crippen LogP contribution in [0.2, 0.25) is 0 Å². The number of anilines is 1. The van der Waals surface area contributed by atoms with Crippen molar-refractivity contribution in [3.05, 3.63) is 41.6 Å². The van der Waals surface area contributed by atoms with Crippen molar-refractivity contribution in [2.75, 3.05) is 50.8 Å². The SMILES string of the molecule is CCCCOC(=O)N1CCN(C(=O)[C@@H](NC(=O)c2cc(N3C[C@@H]4[C@H](C3)[C@@H]4C(=O)O)nc(-c3cccc(C(F)(F)F)c3)n2)C(C)C)CC1. The number of carboxylic acids is 1. The van der Waals surface area contributed by atoms with Gasteiger partial charge in [-0.25, -0.2) is 14.8 Å². The molecule has 0 unspecified atom stereocenters. The van der Waals surface area contributed by atoms with Gasteiger partial charge < -0.3 is 29.9 Å². The molecule has 2 aliphatic heterocycles. The summed E-state index contributed by atoms with van der Waals surface area (Å²) in [7, 11) is 0. The second kappa shape index (κ2) is 13.7. The minimum atomic E-state index is -4.61. The molecule has 15 heteroatoms. The monoisotopic (exact) mass is 660 g/mol. The molecular formula is C32H39F3N6O6. The van der Waals surface area contributed by atoms with Crippen LogP contribution in [0.4, 0.5) is 23.8 Å². The third-order valence-electron chi connectivity index (χ3n) is 8.99. The molecule has 1 aromatic heterocycles. The molecule has 2 aromatic rings. The fourth-order valence-electron chi connectivity index (χ4n) is 6.19. The highest BCUT2D eigenvalue weighted by molar-refractivity contribution is 5.97. The fourth-order valence-corrected chi connectivity index (χ4v) is 6.19. The molecule has 4 atom stereocenters. The number of carbonyl (C=O) groups excluding carboxylic acids is 3. The predicted octanol–water partition coefficient (Wildman–Crippen LogP) is 3.76. The van der Waals surface area contributed by atoms with Gasteiger partial charge >= 0.3 is 18.2 Å². The van der Waals surface area contributed by atoms with Gasteiger partial charge in [0.2, 0.25) is 5.91 Å². The Morgan fingerprint density at radius 2 is 1.68 bits per heavy atom. The molecule has 3 amide bonds. The Morgan fingerprint density at radius 1 is 1.02 bits per heavy atom. The summed E-state index contributed by atoms with van der Waals surface area (Å²) >= 11 is 0. The number of nitrogens with zero attached hydrogens (tertiary/aromatic N) is 5. The van der Waals surface area contributed by atoms with Crippen LogP contribution in [0.3, 0.4) is 0 Å². The number of piperidine rings is 1. The lowest BCUT2D eigenvalue weighted by Crippen LogP contribution is -2.57. The number of aliphatic carboxylic acids is 1. The number of ether oxygens (including phenoxy) is 1. The highest BCUT2D eigenvalue weighted by atomic mass is 19.4. The minimum absolute atomic E-state index is 0.0473. The van der Waals surface area contributed by atoms with Gasteiger partial charge in [0.05, 0.1) is 18.1 Å². The van der Waals surface area contributed by atoms with E-state index in [1.165, 1.54) is 18.2 Å². The number of unbranched alkanes of at least 4 members (excludes halogenated alkanes) is 1. The Hall–Kier alpha value is -4.43. The number of alkyl halides is 3. The molecule has 5 rings (SSSR count). The first-order valence-corrected chi connectivity index (χ1v) is 15.8. The average molecular weight is 661 g/mol. The van der Waals surface area contributed by atoms with E-state index >= 15 is 0 Å². The number of rotatable bonds is 10. The smallest absolute Gasteiger partial charge is 0.416 e. The van der Waals surface area contributed by atoms with Crippen molar-refractivity contribution in [2.45, 2.75) is 45.8 Å². The number of halogens is 3. The maximum atomic E-state index is 13.7. The van der Waals surface area contributed by atoms with Crippen molar-refractivity contribution < 1.29 is 42.2 Å². The molecule has 0 radical (unpaired) electrons. The molecule has 3 aliphatic rings. The summed E-state index contributed by atoms with van der Waals surface area (Å²) in [6.45, 7) is 7.70. The van der Waals surface area contributed by atoms with Crippen LogP contribution in [0.15, 0.2) is 30.3 Å². The summed E-state index contributed by atoms with van der Waals surface area (Å²) in [5.74, 6) is -2.69. The van der Waals surface area contributed by atoms with E-state index in [1.54, 1.807) is 23.6 Å². The zero-order valence-corrected chi connectivity index (χ0v) is 26.5. The van der Waals surface area contributed by atoms with Gasteiger partial charge in [-0.05, 0) is 36.3 Å². The Kier molecular flexibility index (Phi) is 9.92. The molecule has 47 heavy (non-hydrogen) atoms. The summed E-state index contributed by atoms with van der Waals surface area (Å²) in [5, 5.41) is 12.2. The second-order valence-electron chi connectivity index (χ2n) is 12.6. The van der Waals surface area contributed by atoms with Gasteiger partial charge in [0.1, 0.15) is 17.6 Å². The first-order valence-electron chi connectivity index (χ1n) is 15.8. The standard InChI is InChI=1S/C32H39F3N6O6/c1-4-5-13-47-31(46)40-11-9-39(10-12-40)29(43)26(18(2)3)38-28(42)23-15-24(41-16-21-22(17-41)25(21)30(44)45)37-27(36-23)19-7-6-8-20(14-19)32(33,34)35/h6-8,14-15,18,21-22,25-26H,4-5,9-13,16-17H2,1-3H3,(H,38,42)(H,44,45)/t21-,22+,25-,26-/m0/s1. The van der Waals surface area contributed by atoms with Crippen molar-refractivity contribution in [2.24, 2.45) is 23.7 Å². The quantitative estimate of drug-likeness (QED) is 0.364. The first kappa shape index (κ1) is 33.9. The Labute approximate surface area is 270 Å². The van der Waals surface area contributed by atoms with Crippen molar-refractivity contribution in [3.63, 3.8) is 0 Å². The van der Waals surface area contributed by atoms with Crippen LogP contribution in [0.25, 0.3) is 11.4 Å². The van der Waals surface area contributed by atoms with E-state index in [0.717, 1.165) is 25.0 Å². The van der Waals surface area contributed by atoms with Crippen LogP contribution in [0.1, 0.15) is 49.7 Å². The Morgan fingerprint density at radius 3 is 2.28 bits per heavy atom. The fraction of sp³-hybridized carbons (Fsp3) is 0.562. The first-order chi connectivity index (χ1) is 22.3. The van der Waals surface area contributed by atoms with E-state index in [9.17, 15) is 37.5 Å². The Balaban J connectivity index is 1.34. The van der Waals surface area contributed by atoms with Crippen LogP contribution in [-0.4, -0.2) is 101 Å². The molecule has 3 fully saturated rings. The van der Waals surface area contributed by atoms with Gasteiger partial charge in [0.15, 0.2) is 5.82 Å². The normalized spacial score (nSPS) is 21.3. The number of piperazine rings is 1. The lowest BCUT2D eigenvalue weighted by molar-refractivity contribution is -0.139. The van der Waals surface area contributed by atoms with Crippen LogP contribution < -0.4 is 10.2 Å². The van der Waals surface area contributed by atoms with Crippen LogP contribution in [0.5, 0.6) is 0 Å². The molecule has 0 bridgehead atoms. The third kappa shape index (κ3) is 7.60. The zero-order chi connectivity index (χ0) is 34.0. The number of aromatic nitrogens is 2. The zero-order valence-electron chi connectivity index (χ0n) is 26.5. The topological polar surface area (TPSA) is 145 Å². The molecule has 1 aromatic carbocycles. The van der Waals surface area contributed by atoms with Crippen molar-refractivity contribution in [1.82, 2.24) is 25.1 Å². The molecule has 1 aliphatic carbocycles. The minimum Gasteiger partial charge on any atom is -0.481 e. The number of benzene rings is 1. The average Bonchev–Trinajstić information content (AvgIpc) is 3.56. The number of carbonyl (C=O) groups is 4. The molecule has 0 spiro atoms. The van der Waals surface area contributed by atoms with Crippen molar-refractivity contribution >= 4 is 29.7 Å². The van der Waals surface area contributed by atoms with Crippen LogP contribution >= 0.6 is 0 Å². The van der Waals surface area contributed by atoms with Gasteiger partial charge in [-0.3, -0.25) is 14.4 Å². The summed E-state index contributed by atoms with van der Waals surface area (Å²) in [6.07, 6.45) is -3.38. The number of carboxylic acid groups (broad SMARTS) is 1. The lowest BCUT2D eigenvalue weighted by atomic mass is 10.0. The summed E-state index contributed by atoms with van der Waals surface area (Å²) in [6, 6.07) is 4.94. The summed E-state index contributed by atoms with van der Waals surface area (Å²) in [4.78, 5) is 64.8. The van der Waals surface area contributed by atoms with Gasteiger partial charge in [-0.2, -0.15) is 13.2 Å². The number of amides is 3. The number of hydrogen-bond acceptors (Lipinski definition) is 8. The van der Waals surface area contributed by atoms with Crippen molar-refractivity contribution in [3.8, 4) is 11.4 Å². The van der Waals surface area contributed by atoms with E-state index in [-0.39, 0.29) is 72.7 Å². The highest BCUT2D eigenvalue weighted by Crippen LogP contribution is 2.52. The lowest BCUT2D eigenvalue weighted by Gasteiger charge is -2.36. The van der Waals surface area contributed by atoms with E-state index < -0.39 is 41.7 Å². The Bertz CT molecular complexity index is 1500. The van der Waals surface area contributed by atoms with Gasteiger partial charge in [0.25, 0.3) is 5.91 Å². The number of hydrogen-bond donors (Lipinski definition) is 2. The van der Waals surface area contributed by atoms with Crippen molar-refractivity contribution in [1.29, 1.82) is 0 Å². The molecule has 2 saturated heterocycles. The van der Waals surface area contributed by atoms with E-state index in [0.29, 0.717) is 19.7 Å². The molecule has 12 nitrogen and oxygen atoms in total. The number of fused-ring (bicyclic) bond motifs is 1. The molecule has 254 valence electrons. The van der Waals surface area contributed by atoms with Gasteiger partial charge in [-0.15, -0.1) is 0 Å². The second-order valence-corrected chi connectivity index (χ2v) is 12.6. The van der Waals surface area contributed by atoms with E-state index in [4.69, 9.17) is 4.74 Å². The third-order valence-corrected chi connectivity index (χ3v) is 8.99. The van der Waals surface area contributed by atoms with E-state index in [2.05, 4.69) is 15.3 Å². The van der Waals surface area contributed by atoms with E-state index in [1.807, 2.05) is 11.8 Å². The van der Waals surface area contributed by atoms with Gasteiger partial charge in [-0.1, -0.05) is 39.3 Å². The summed E-state index contributed by atoms with van der Waals surface area (Å²) in [5.41, 5.74) is -0.997.